The van der Waals surface area contributed by atoms with Crippen LogP contribution in [-0.2, 0) is 16.1 Å². The Labute approximate surface area is 201 Å². The van der Waals surface area contributed by atoms with Crippen LogP contribution in [0.3, 0.4) is 0 Å². The van der Waals surface area contributed by atoms with E-state index in [2.05, 4.69) is 17.3 Å². The molecule has 0 aliphatic rings. The van der Waals surface area contributed by atoms with E-state index in [1.807, 2.05) is 0 Å². The molecule has 0 saturated carbocycles. The summed E-state index contributed by atoms with van der Waals surface area (Å²) in [6, 6.07) is 11.4. The van der Waals surface area contributed by atoms with Gasteiger partial charge >= 0.3 is 5.97 Å². The number of rotatable bonds is 9. The fourth-order valence-corrected chi connectivity index (χ4v) is 3.70. The molecular weight excluding hydrogens is 465 g/mol. The molecule has 0 aliphatic heterocycles. The van der Waals surface area contributed by atoms with Crippen LogP contribution in [0.5, 0.6) is 0 Å². The lowest BCUT2D eigenvalue weighted by Gasteiger charge is -2.15. The van der Waals surface area contributed by atoms with Gasteiger partial charge in [-0.15, -0.1) is 0 Å². The maximum atomic E-state index is 12.8. The van der Waals surface area contributed by atoms with Crippen molar-refractivity contribution >= 4 is 45.9 Å². The monoisotopic (exact) mass is 489 g/mol. The molecule has 1 N–H and O–H groups in total. The smallest absolute Gasteiger partial charge is 0.359 e. The minimum absolute atomic E-state index is 0.00651. The lowest BCUT2D eigenvalue weighted by molar-refractivity contribution is -0.124. The quantitative estimate of drug-likeness (QED) is 0.340. The van der Waals surface area contributed by atoms with Gasteiger partial charge in [-0.3, -0.25) is 9.59 Å². The van der Waals surface area contributed by atoms with E-state index in [1.165, 1.54) is 4.68 Å². The molecule has 0 bridgehead atoms. The van der Waals surface area contributed by atoms with Crippen LogP contribution in [-0.4, -0.2) is 28.3 Å². The first-order chi connectivity index (χ1) is 15.8. The molecule has 1 amide bonds. The normalized spacial score (nSPS) is 11.9. The number of fused-ring (bicyclic) bond motifs is 1. The van der Waals surface area contributed by atoms with Crippen LogP contribution in [0.15, 0.2) is 47.3 Å². The van der Waals surface area contributed by atoms with Gasteiger partial charge in [0.1, 0.15) is 0 Å². The zero-order valence-corrected chi connectivity index (χ0v) is 19.9. The van der Waals surface area contributed by atoms with Crippen molar-refractivity contribution in [1.29, 1.82) is 0 Å². The van der Waals surface area contributed by atoms with Gasteiger partial charge in [0.25, 0.3) is 11.5 Å². The molecule has 1 heterocycles. The number of esters is 1. The van der Waals surface area contributed by atoms with Crippen molar-refractivity contribution in [2.75, 3.05) is 6.61 Å². The van der Waals surface area contributed by atoms with E-state index in [1.54, 1.807) is 49.4 Å². The molecule has 0 saturated heterocycles. The highest BCUT2D eigenvalue weighted by Crippen LogP contribution is 2.25. The van der Waals surface area contributed by atoms with Gasteiger partial charge in [0.05, 0.1) is 21.5 Å². The third-order valence-corrected chi connectivity index (χ3v) is 5.93. The molecule has 3 rings (SSSR count). The summed E-state index contributed by atoms with van der Waals surface area (Å²) in [5.74, 6) is -1.25. The van der Waals surface area contributed by atoms with E-state index < -0.39 is 18.5 Å². The molecule has 0 radical (unpaired) electrons. The van der Waals surface area contributed by atoms with Crippen LogP contribution in [0.1, 0.15) is 55.2 Å². The summed E-state index contributed by atoms with van der Waals surface area (Å²) >= 11 is 12.0. The molecule has 7 nitrogen and oxygen atoms in total. The van der Waals surface area contributed by atoms with E-state index in [4.69, 9.17) is 27.9 Å². The number of carbonyl (C=O) groups is 2. The minimum Gasteiger partial charge on any atom is -0.451 e. The van der Waals surface area contributed by atoms with Gasteiger partial charge in [0, 0.05) is 11.9 Å². The van der Waals surface area contributed by atoms with Crippen LogP contribution in [0.25, 0.3) is 10.8 Å². The number of hydrogen-bond donors (Lipinski definition) is 1. The van der Waals surface area contributed by atoms with Crippen LogP contribution >= 0.6 is 23.2 Å². The Morgan fingerprint density at radius 2 is 1.82 bits per heavy atom. The first-order valence-corrected chi connectivity index (χ1v) is 11.5. The standard InChI is InChI=1S/C24H25Cl2N3O4/c1-3-4-7-12-29-23(31)18-9-6-5-8-17(18)22(28-29)24(32)33-14-21(30)27-15(2)16-10-11-19(25)20(26)13-16/h5-6,8-11,13,15H,3-4,7,12,14H2,1-2H3,(H,27,30). The average Bonchev–Trinajstić information content (AvgIpc) is 2.81. The summed E-state index contributed by atoms with van der Waals surface area (Å²) in [6.07, 6.45) is 2.70. The minimum atomic E-state index is -0.771. The maximum absolute atomic E-state index is 12.8. The SMILES string of the molecule is CCCCCn1nc(C(=O)OCC(=O)NC(C)c2ccc(Cl)c(Cl)c2)c2ccccc2c1=O. The van der Waals surface area contributed by atoms with E-state index in [-0.39, 0.29) is 17.3 Å². The summed E-state index contributed by atoms with van der Waals surface area (Å²) in [5, 5.41) is 8.57. The lowest BCUT2D eigenvalue weighted by atomic mass is 10.1. The number of hydrogen-bond acceptors (Lipinski definition) is 5. The van der Waals surface area contributed by atoms with Crippen LogP contribution in [0, 0.1) is 0 Å². The molecule has 1 atom stereocenters. The van der Waals surface area contributed by atoms with Crippen LogP contribution < -0.4 is 10.9 Å². The maximum Gasteiger partial charge on any atom is 0.359 e. The van der Waals surface area contributed by atoms with Gasteiger partial charge in [-0.25, -0.2) is 9.48 Å². The number of nitrogens with zero attached hydrogens (tertiary/aromatic N) is 2. The Morgan fingerprint density at radius 3 is 2.52 bits per heavy atom. The highest BCUT2D eigenvalue weighted by atomic mass is 35.5. The molecule has 174 valence electrons. The van der Waals surface area contributed by atoms with Gasteiger partial charge in [-0.1, -0.05) is 67.2 Å². The van der Waals surface area contributed by atoms with Crippen molar-refractivity contribution in [2.24, 2.45) is 0 Å². The van der Waals surface area contributed by atoms with Crippen molar-refractivity contribution in [3.05, 3.63) is 74.1 Å². The second kappa shape index (κ2) is 11.3. The zero-order chi connectivity index (χ0) is 24.0. The number of carbonyl (C=O) groups excluding carboxylic acids is 2. The molecule has 33 heavy (non-hydrogen) atoms. The third kappa shape index (κ3) is 6.12. The van der Waals surface area contributed by atoms with Crippen molar-refractivity contribution in [3.8, 4) is 0 Å². The molecule has 9 heteroatoms. The Balaban J connectivity index is 1.72. The number of unbranched alkanes of at least 4 members (excludes halogenated alkanes) is 2. The molecule has 0 aliphatic carbocycles. The fourth-order valence-electron chi connectivity index (χ4n) is 3.40. The fraction of sp³-hybridized carbons (Fsp3) is 0.333. The lowest BCUT2D eigenvalue weighted by Crippen LogP contribution is -2.32. The summed E-state index contributed by atoms with van der Waals surface area (Å²) in [7, 11) is 0. The summed E-state index contributed by atoms with van der Waals surface area (Å²) < 4.78 is 6.51. The molecular formula is C24H25Cl2N3O4. The summed E-state index contributed by atoms with van der Waals surface area (Å²) in [6.45, 7) is 3.75. The van der Waals surface area contributed by atoms with Crippen molar-refractivity contribution in [3.63, 3.8) is 0 Å². The predicted molar refractivity (Wildman–Crippen MR) is 129 cm³/mol. The second-order valence-corrected chi connectivity index (χ2v) is 8.48. The molecule has 1 aromatic heterocycles. The second-order valence-electron chi connectivity index (χ2n) is 7.67. The van der Waals surface area contributed by atoms with Gasteiger partial charge in [0.2, 0.25) is 0 Å². The first kappa shape index (κ1) is 24.7. The number of benzene rings is 2. The molecule has 2 aromatic carbocycles. The van der Waals surface area contributed by atoms with E-state index in [0.717, 1.165) is 24.8 Å². The summed E-state index contributed by atoms with van der Waals surface area (Å²) in [5.41, 5.74) is 0.509. The average molecular weight is 490 g/mol. The highest BCUT2D eigenvalue weighted by Gasteiger charge is 2.20. The van der Waals surface area contributed by atoms with Crippen molar-refractivity contribution < 1.29 is 14.3 Å². The summed E-state index contributed by atoms with van der Waals surface area (Å²) in [4.78, 5) is 37.9. The Hall–Kier alpha value is -2.90. The van der Waals surface area contributed by atoms with Gasteiger partial charge < -0.3 is 10.1 Å². The van der Waals surface area contributed by atoms with E-state index >= 15 is 0 Å². The van der Waals surface area contributed by atoms with Gasteiger partial charge in [0.15, 0.2) is 12.3 Å². The number of amides is 1. The van der Waals surface area contributed by atoms with Gasteiger partial charge in [-0.05, 0) is 37.1 Å². The highest BCUT2D eigenvalue weighted by molar-refractivity contribution is 6.42. The third-order valence-electron chi connectivity index (χ3n) is 5.19. The number of aromatic nitrogens is 2. The van der Waals surface area contributed by atoms with Crippen molar-refractivity contribution in [2.45, 2.75) is 45.7 Å². The first-order valence-electron chi connectivity index (χ1n) is 10.7. The molecule has 3 aromatic rings. The predicted octanol–water partition coefficient (Wildman–Crippen LogP) is 4.93. The number of aryl methyl sites for hydroxylation is 1. The van der Waals surface area contributed by atoms with E-state index in [9.17, 15) is 14.4 Å². The number of halogens is 2. The molecule has 0 fully saturated rings. The molecule has 0 spiro atoms. The van der Waals surface area contributed by atoms with Crippen molar-refractivity contribution in [1.82, 2.24) is 15.1 Å². The number of nitrogens with one attached hydrogen (secondary N) is 1. The topological polar surface area (TPSA) is 90.3 Å². The Morgan fingerprint density at radius 1 is 1.09 bits per heavy atom. The largest absolute Gasteiger partial charge is 0.451 e. The molecule has 1 unspecified atom stereocenters. The van der Waals surface area contributed by atoms with Gasteiger partial charge in [-0.2, -0.15) is 5.10 Å². The Bertz CT molecular complexity index is 1230. The van der Waals surface area contributed by atoms with Crippen LogP contribution in [0.4, 0.5) is 0 Å². The Kier molecular flexibility index (Phi) is 8.47. The number of ether oxygens (including phenoxy) is 1. The van der Waals surface area contributed by atoms with Crippen LogP contribution in [0.2, 0.25) is 10.0 Å². The zero-order valence-electron chi connectivity index (χ0n) is 18.4. The van der Waals surface area contributed by atoms with E-state index in [0.29, 0.717) is 27.4 Å².